The lowest BCUT2D eigenvalue weighted by Crippen LogP contribution is -2.63. The molecular formula is C11H15ClO. The molecule has 0 aromatic rings. The molecule has 3 saturated carbocycles. The Morgan fingerprint density at radius 3 is 2.46 bits per heavy atom. The van der Waals surface area contributed by atoms with Crippen molar-refractivity contribution < 1.29 is 4.74 Å². The minimum Gasteiger partial charge on any atom is -0.367 e. The highest BCUT2D eigenvalue weighted by Gasteiger charge is 2.76. The molecule has 0 aromatic heterocycles. The summed E-state index contributed by atoms with van der Waals surface area (Å²) < 4.78 is 5.66. The SMILES string of the molecule is C=C1C2C3OC3C(C)(Cl)C1C2(C)C. The highest BCUT2D eigenvalue weighted by Crippen LogP contribution is 2.72. The molecule has 1 aliphatic heterocycles. The number of ether oxygens (including phenoxy) is 1. The zero-order valence-corrected chi connectivity index (χ0v) is 9.06. The second-order valence-electron chi connectivity index (χ2n) is 5.48. The maximum Gasteiger partial charge on any atom is 0.104 e. The maximum atomic E-state index is 6.55. The van der Waals surface area contributed by atoms with E-state index in [4.69, 9.17) is 16.3 Å². The van der Waals surface area contributed by atoms with E-state index in [0.717, 1.165) is 0 Å². The van der Waals surface area contributed by atoms with Gasteiger partial charge in [-0.3, -0.25) is 0 Å². The average molecular weight is 199 g/mol. The van der Waals surface area contributed by atoms with Crippen LogP contribution in [0, 0.1) is 17.3 Å². The molecule has 1 saturated heterocycles. The van der Waals surface area contributed by atoms with E-state index in [1.807, 2.05) is 0 Å². The summed E-state index contributed by atoms with van der Waals surface area (Å²) in [5, 5.41) is 0. The Bertz CT molecular complexity index is 305. The van der Waals surface area contributed by atoms with E-state index in [9.17, 15) is 0 Å². The number of hydrogen-bond acceptors (Lipinski definition) is 1. The predicted molar refractivity (Wildman–Crippen MR) is 52.8 cm³/mol. The second kappa shape index (κ2) is 1.85. The van der Waals surface area contributed by atoms with Gasteiger partial charge < -0.3 is 4.74 Å². The fourth-order valence-electron chi connectivity index (χ4n) is 3.94. The van der Waals surface area contributed by atoms with Gasteiger partial charge in [-0.1, -0.05) is 26.0 Å². The third kappa shape index (κ3) is 0.679. The van der Waals surface area contributed by atoms with Crippen molar-refractivity contribution in [2.75, 3.05) is 0 Å². The van der Waals surface area contributed by atoms with Gasteiger partial charge in [0.2, 0.25) is 0 Å². The summed E-state index contributed by atoms with van der Waals surface area (Å²) in [6.07, 6.45) is 0.665. The van der Waals surface area contributed by atoms with Crippen LogP contribution >= 0.6 is 11.6 Å². The molecule has 0 amide bonds. The molecule has 1 heterocycles. The van der Waals surface area contributed by atoms with Gasteiger partial charge in [0.25, 0.3) is 0 Å². The zero-order valence-electron chi connectivity index (χ0n) is 8.30. The van der Waals surface area contributed by atoms with Gasteiger partial charge in [-0.05, 0) is 12.3 Å². The molecule has 0 aromatic carbocycles. The van der Waals surface area contributed by atoms with Gasteiger partial charge in [-0.15, -0.1) is 11.6 Å². The molecule has 5 atom stereocenters. The van der Waals surface area contributed by atoms with E-state index in [0.29, 0.717) is 29.5 Å². The van der Waals surface area contributed by atoms with E-state index in [1.54, 1.807) is 0 Å². The Hall–Kier alpha value is -0.0100. The second-order valence-corrected chi connectivity index (χ2v) is 6.29. The first-order valence-electron chi connectivity index (χ1n) is 4.91. The molecule has 2 heteroatoms. The Balaban J connectivity index is 2.09. The molecule has 0 spiro atoms. The number of epoxide rings is 1. The van der Waals surface area contributed by atoms with Crippen molar-refractivity contribution in [3.8, 4) is 0 Å². The first kappa shape index (κ1) is 8.31. The van der Waals surface area contributed by atoms with Gasteiger partial charge in [0.05, 0.1) is 11.0 Å². The van der Waals surface area contributed by atoms with Crippen LogP contribution < -0.4 is 0 Å². The van der Waals surface area contributed by atoms with Crippen LogP contribution in [0.3, 0.4) is 0 Å². The van der Waals surface area contributed by atoms with Crippen LogP contribution in [0.2, 0.25) is 0 Å². The fraction of sp³-hybridized carbons (Fsp3) is 0.818. The van der Waals surface area contributed by atoms with E-state index < -0.39 is 0 Å². The lowest BCUT2D eigenvalue weighted by molar-refractivity contribution is 0.00620. The van der Waals surface area contributed by atoms with Gasteiger partial charge in [-0.25, -0.2) is 0 Å². The van der Waals surface area contributed by atoms with E-state index >= 15 is 0 Å². The Labute approximate surface area is 84.1 Å². The number of halogens is 1. The highest BCUT2D eigenvalue weighted by atomic mass is 35.5. The molecule has 0 radical (unpaired) electrons. The Kier molecular flexibility index (Phi) is 1.18. The smallest absolute Gasteiger partial charge is 0.104 e. The van der Waals surface area contributed by atoms with E-state index in [1.165, 1.54) is 5.57 Å². The molecule has 0 N–H and O–H groups in total. The minimum atomic E-state index is -0.208. The van der Waals surface area contributed by atoms with Crippen molar-refractivity contribution in [1.82, 2.24) is 0 Å². The van der Waals surface area contributed by atoms with Crippen LogP contribution in [0.1, 0.15) is 20.8 Å². The van der Waals surface area contributed by atoms with Gasteiger partial charge in [0, 0.05) is 11.8 Å². The predicted octanol–water partition coefficient (Wildman–Crippen LogP) is 2.59. The molecule has 13 heavy (non-hydrogen) atoms. The third-order valence-corrected chi connectivity index (χ3v) is 4.72. The summed E-state index contributed by atoms with van der Waals surface area (Å²) in [6.45, 7) is 10.8. The quantitative estimate of drug-likeness (QED) is 0.331. The molecule has 5 unspecified atom stereocenters. The lowest BCUT2D eigenvalue weighted by Gasteiger charge is -2.61. The summed E-state index contributed by atoms with van der Waals surface area (Å²) in [6, 6.07) is 0. The first-order valence-corrected chi connectivity index (χ1v) is 5.29. The molecule has 2 bridgehead atoms. The van der Waals surface area contributed by atoms with Crippen molar-refractivity contribution >= 4 is 11.6 Å². The third-order valence-electron chi connectivity index (χ3n) is 4.29. The summed E-state index contributed by atoms with van der Waals surface area (Å²) in [4.78, 5) is -0.208. The van der Waals surface area contributed by atoms with Gasteiger partial charge in [0.1, 0.15) is 6.10 Å². The molecule has 4 aliphatic rings. The Morgan fingerprint density at radius 1 is 1.38 bits per heavy atom. The molecule has 3 aliphatic carbocycles. The topological polar surface area (TPSA) is 12.5 Å². The van der Waals surface area contributed by atoms with E-state index in [2.05, 4.69) is 27.4 Å². The van der Waals surface area contributed by atoms with Crippen LogP contribution in [0.5, 0.6) is 0 Å². The van der Waals surface area contributed by atoms with E-state index in [-0.39, 0.29) is 4.87 Å². The summed E-state index contributed by atoms with van der Waals surface area (Å²) in [7, 11) is 0. The molecular weight excluding hydrogens is 184 g/mol. The van der Waals surface area contributed by atoms with Crippen molar-refractivity contribution in [3.05, 3.63) is 12.2 Å². The van der Waals surface area contributed by atoms with Crippen LogP contribution in [0.15, 0.2) is 12.2 Å². The zero-order chi connectivity index (χ0) is 9.59. The molecule has 1 nitrogen and oxygen atoms in total. The lowest BCUT2D eigenvalue weighted by atomic mass is 9.43. The van der Waals surface area contributed by atoms with Gasteiger partial charge >= 0.3 is 0 Å². The molecule has 72 valence electrons. The molecule has 4 rings (SSSR count). The highest BCUT2D eigenvalue weighted by molar-refractivity contribution is 6.25. The van der Waals surface area contributed by atoms with Crippen LogP contribution in [-0.2, 0) is 4.74 Å². The fourth-order valence-corrected chi connectivity index (χ4v) is 4.54. The van der Waals surface area contributed by atoms with Crippen LogP contribution in [-0.4, -0.2) is 17.1 Å². The minimum absolute atomic E-state index is 0.208. The largest absolute Gasteiger partial charge is 0.367 e. The van der Waals surface area contributed by atoms with Crippen LogP contribution in [0.4, 0.5) is 0 Å². The Morgan fingerprint density at radius 2 is 2.00 bits per heavy atom. The van der Waals surface area contributed by atoms with Crippen molar-refractivity contribution in [2.45, 2.75) is 37.9 Å². The average Bonchev–Trinajstić information content (AvgIpc) is 2.63. The van der Waals surface area contributed by atoms with Crippen molar-refractivity contribution in [2.24, 2.45) is 17.3 Å². The van der Waals surface area contributed by atoms with Gasteiger partial charge in [0.15, 0.2) is 0 Å². The summed E-state index contributed by atoms with van der Waals surface area (Å²) in [5.74, 6) is 1.00. The number of rotatable bonds is 0. The van der Waals surface area contributed by atoms with Crippen molar-refractivity contribution in [3.63, 3.8) is 0 Å². The molecule has 4 fully saturated rings. The number of alkyl halides is 1. The van der Waals surface area contributed by atoms with Crippen LogP contribution in [0.25, 0.3) is 0 Å². The summed E-state index contributed by atoms with van der Waals surface area (Å²) in [5.41, 5.74) is 1.62. The monoisotopic (exact) mass is 198 g/mol. The van der Waals surface area contributed by atoms with Gasteiger partial charge in [-0.2, -0.15) is 0 Å². The first-order chi connectivity index (χ1) is 5.88. The van der Waals surface area contributed by atoms with Crippen molar-refractivity contribution in [1.29, 1.82) is 0 Å². The maximum absolute atomic E-state index is 6.55. The standard InChI is InChI=1S/C11H15ClO/c1-5-6-7-9(13-7)11(4,12)8(5)10(6,2)3/h6-9H,1H2,2-4H3. The number of hydrogen-bond donors (Lipinski definition) is 0. The normalized spacial score (nSPS) is 61.1. The summed E-state index contributed by atoms with van der Waals surface area (Å²) >= 11 is 6.55.